The molecule has 4 nitrogen and oxygen atoms in total. The number of aromatic nitrogens is 3. The van der Waals surface area contributed by atoms with Crippen molar-refractivity contribution in [2.45, 2.75) is 43.4 Å². The summed E-state index contributed by atoms with van der Waals surface area (Å²) in [5.74, 6) is 7.72. The van der Waals surface area contributed by atoms with Crippen molar-refractivity contribution in [1.82, 2.24) is 15.0 Å². The van der Waals surface area contributed by atoms with Crippen LogP contribution in [-0.2, 0) is 10.8 Å². The van der Waals surface area contributed by atoms with Gasteiger partial charge in [-0.2, -0.15) is 0 Å². The molecule has 260 valence electrons. The molecule has 5 aliphatic rings. The highest BCUT2D eigenvalue weighted by molar-refractivity contribution is 5.90. The predicted octanol–water partition coefficient (Wildman–Crippen LogP) is 11.7. The fraction of sp³-hybridized carbons (Fsp3) is 0.220. The van der Waals surface area contributed by atoms with Gasteiger partial charge in [0, 0.05) is 27.8 Å². The van der Waals surface area contributed by atoms with Crippen LogP contribution in [0.2, 0.25) is 0 Å². The molecule has 1 aliphatic heterocycles. The van der Waals surface area contributed by atoms with Crippen molar-refractivity contribution >= 4 is 0 Å². The predicted molar refractivity (Wildman–Crippen MR) is 213 cm³/mol. The molecular weight excluding hydrogens is 659 g/mol. The van der Waals surface area contributed by atoms with Crippen LogP contribution in [0.15, 0.2) is 146 Å². The molecule has 1 spiro atoms. The lowest BCUT2D eigenvalue weighted by Crippen LogP contribution is -2.58. The Hall–Kier alpha value is -5.87. The van der Waals surface area contributed by atoms with E-state index < -0.39 is 5.41 Å². The van der Waals surface area contributed by atoms with Crippen molar-refractivity contribution in [3.8, 4) is 56.8 Å². The van der Waals surface area contributed by atoms with E-state index in [-0.39, 0.29) is 5.41 Å². The third-order valence-electron chi connectivity index (χ3n) is 13.9. The Kier molecular flexibility index (Phi) is 6.28. The number of para-hydroxylation sites is 2. The average Bonchev–Trinajstić information content (AvgIpc) is 3.49. The molecule has 0 saturated heterocycles. The molecule has 4 aliphatic carbocycles. The lowest BCUT2D eigenvalue weighted by atomic mass is 9.39. The van der Waals surface area contributed by atoms with E-state index in [0.717, 1.165) is 63.0 Å². The normalized spacial score (nSPS) is 24.5. The van der Waals surface area contributed by atoms with Gasteiger partial charge in [0.2, 0.25) is 0 Å². The smallest absolute Gasteiger partial charge is 0.164 e. The minimum atomic E-state index is -0.559. The van der Waals surface area contributed by atoms with Gasteiger partial charge in [0.05, 0.1) is 5.41 Å². The number of ether oxygens (including phenoxy) is 1. The standard InChI is InChI=1S/C50H39N3O/c1-49(28-34-25-33-26-35(29-49)45(33)34)36-22-19-31(20-23-36)47-51-46(30-11-3-2-4-12-30)52-48(53-47)32-21-24-38-37-13-5-6-14-39(37)50(42(38)27-32)40-15-7-9-17-43(40)54-44-18-10-8-16-41(44)50/h2-24,27,33-35,45H,25-26,28-29H2,1H3/t33?,34-,35?,45?,49-/m0/s1. The van der Waals surface area contributed by atoms with Crippen LogP contribution in [0, 0.1) is 23.7 Å². The minimum absolute atomic E-state index is 0.245. The molecule has 0 N–H and O–H groups in total. The zero-order chi connectivity index (χ0) is 35.6. The quantitative estimate of drug-likeness (QED) is 0.184. The Labute approximate surface area is 316 Å². The summed E-state index contributed by atoms with van der Waals surface area (Å²) in [6.07, 6.45) is 5.55. The molecule has 1 aromatic heterocycles. The zero-order valence-electron chi connectivity index (χ0n) is 30.2. The summed E-state index contributed by atoms with van der Waals surface area (Å²) in [5.41, 5.74) is 11.3. The maximum Gasteiger partial charge on any atom is 0.164 e. The molecule has 5 atom stereocenters. The highest BCUT2D eigenvalue weighted by atomic mass is 16.5. The zero-order valence-corrected chi connectivity index (χ0v) is 30.2. The van der Waals surface area contributed by atoms with Crippen molar-refractivity contribution in [2.75, 3.05) is 0 Å². The summed E-state index contributed by atoms with van der Waals surface area (Å²) < 4.78 is 6.58. The van der Waals surface area contributed by atoms with E-state index in [9.17, 15) is 0 Å². The van der Waals surface area contributed by atoms with Crippen molar-refractivity contribution in [3.63, 3.8) is 0 Å². The van der Waals surface area contributed by atoms with Crippen LogP contribution in [0.4, 0.5) is 0 Å². The van der Waals surface area contributed by atoms with E-state index >= 15 is 0 Å². The Bertz CT molecular complexity index is 2590. The van der Waals surface area contributed by atoms with Crippen LogP contribution in [0.5, 0.6) is 11.5 Å². The second-order valence-corrected chi connectivity index (χ2v) is 16.7. The van der Waals surface area contributed by atoms with Gasteiger partial charge in [-0.25, -0.2) is 15.0 Å². The van der Waals surface area contributed by atoms with E-state index in [1.165, 1.54) is 53.5 Å². The molecule has 4 heteroatoms. The maximum atomic E-state index is 6.58. The molecule has 3 unspecified atom stereocenters. The second kappa shape index (κ2) is 11.1. The SMILES string of the molecule is C[C@@]1(c2ccc(-c3nc(-c4ccccc4)nc(-c4ccc5c(c4)C4(c6ccccc6Oc6ccccc64)c4ccccc4-5)n3)cc2)CC2CC3C[C@@H](C1)C32. The molecule has 7 aromatic rings. The first-order valence-corrected chi connectivity index (χ1v) is 19.6. The molecule has 0 bridgehead atoms. The third kappa shape index (κ3) is 4.17. The number of benzene rings is 6. The van der Waals surface area contributed by atoms with Crippen LogP contribution >= 0.6 is 0 Å². The summed E-state index contributed by atoms with van der Waals surface area (Å²) in [7, 11) is 0. The molecule has 6 aromatic carbocycles. The lowest BCUT2D eigenvalue weighted by Gasteiger charge is -2.65. The fourth-order valence-corrected chi connectivity index (χ4v) is 11.5. The third-order valence-corrected chi connectivity index (χ3v) is 13.9. The van der Waals surface area contributed by atoms with E-state index in [4.69, 9.17) is 19.7 Å². The maximum absolute atomic E-state index is 6.58. The van der Waals surface area contributed by atoms with Gasteiger partial charge in [-0.15, -0.1) is 0 Å². The summed E-state index contributed by atoms with van der Waals surface area (Å²) >= 11 is 0. The molecule has 12 rings (SSSR count). The first-order valence-electron chi connectivity index (χ1n) is 19.6. The fourth-order valence-electron chi connectivity index (χ4n) is 11.5. The van der Waals surface area contributed by atoms with Crippen molar-refractivity contribution in [2.24, 2.45) is 23.7 Å². The Balaban J connectivity index is 1.02. The van der Waals surface area contributed by atoms with Gasteiger partial charge in [0.15, 0.2) is 17.5 Å². The van der Waals surface area contributed by atoms with E-state index in [0.29, 0.717) is 17.5 Å². The minimum Gasteiger partial charge on any atom is -0.457 e. The van der Waals surface area contributed by atoms with E-state index in [1.807, 2.05) is 18.2 Å². The largest absolute Gasteiger partial charge is 0.457 e. The number of hydrogen-bond donors (Lipinski definition) is 0. The van der Waals surface area contributed by atoms with Gasteiger partial charge >= 0.3 is 0 Å². The summed E-state index contributed by atoms with van der Waals surface area (Å²) in [5, 5.41) is 0. The number of rotatable bonds is 4. The van der Waals surface area contributed by atoms with E-state index in [2.05, 4.69) is 134 Å². The Morgan fingerprint density at radius 3 is 1.65 bits per heavy atom. The van der Waals surface area contributed by atoms with Crippen molar-refractivity contribution in [1.29, 1.82) is 0 Å². The molecule has 0 radical (unpaired) electrons. The van der Waals surface area contributed by atoms with Gasteiger partial charge in [0.25, 0.3) is 0 Å². The summed E-state index contributed by atoms with van der Waals surface area (Å²) in [6, 6.07) is 52.1. The van der Waals surface area contributed by atoms with Gasteiger partial charge in [-0.3, -0.25) is 0 Å². The average molecular weight is 698 g/mol. The second-order valence-electron chi connectivity index (χ2n) is 16.7. The van der Waals surface area contributed by atoms with Crippen LogP contribution in [0.1, 0.15) is 60.4 Å². The topological polar surface area (TPSA) is 47.9 Å². The van der Waals surface area contributed by atoms with E-state index in [1.54, 1.807) is 0 Å². The molecular formula is C50H39N3O. The van der Waals surface area contributed by atoms with Crippen LogP contribution in [0.3, 0.4) is 0 Å². The van der Waals surface area contributed by atoms with Crippen LogP contribution in [0.25, 0.3) is 45.3 Å². The van der Waals surface area contributed by atoms with Gasteiger partial charge in [-0.05, 0) is 101 Å². The Morgan fingerprint density at radius 2 is 1.00 bits per heavy atom. The van der Waals surface area contributed by atoms with Crippen molar-refractivity contribution in [3.05, 3.63) is 173 Å². The molecule has 2 heterocycles. The molecule has 3 saturated carbocycles. The van der Waals surface area contributed by atoms with Crippen LogP contribution in [-0.4, -0.2) is 15.0 Å². The number of nitrogens with zero attached hydrogens (tertiary/aromatic N) is 3. The molecule has 3 fully saturated rings. The van der Waals surface area contributed by atoms with Gasteiger partial charge in [0.1, 0.15) is 11.5 Å². The monoisotopic (exact) mass is 697 g/mol. The Morgan fingerprint density at radius 1 is 0.481 bits per heavy atom. The lowest BCUT2D eigenvalue weighted by molar-refractivity contribution is -0.141. The van der Waals surface area contributed by atoms with Gasteiger partial charge < -0.3 is 4.74 Å². The first kappa shape index (κ1) is 30.6. The van der Waals surface area contributed by atoms with Crippen LogP contribution < -0.4 is 4.74 Å². The summed E-state index contributed by atoms with van der Waals surface area (Å²) in [6.45, 7) is 2.51. The highest BCUT2D eigenvalue weighted by Crippen LogP contribution is 2.67. The molecule has 54 heavy (non-hydrogen) atoms. The van der Waals surface area contributed by atoms with Gasteiger partial charge in [-0.1, -0.05) is 134 Å². The molecule has 0 amide bonds. The first-order chi connectivity index (χ1) is 26.6. The summed E-state index contributed by atoms with van der Waals surface area (Å²) in [4.78, 5) is 15.6. The number of hydrogen-bond acceptors (Lipinski definition) is 4. The van der Waals surface area contributed by atoms with Crippen molar-refractivity contribution < 1.29 is 4.74 Å². The highest BCUT2D eigenvalue weighted by Gasteiger charge is 2.59. The number of fused-ring (bicyclic) bond motifs is 9.